The van der Waals surface area contributed by atoms with Gasteiger partial charge in [-0.1, -0.05) is 36.4 Å². The van der Waals surface area contributed by atoms with Crippen LogP contribution in [0.1, 0.15) is 59.3 Å². The van der Waals surface area contributed by atoms with Crippen LogP contribution in [0.2, 0.25) is 0 Å². The standard InChI is InChI=1S/C31H33FN8O.C9H15BrN4.C5H14N2.C4H2Br2N2/c1-21(24-9-11-26(32)12-10-24)39-31(41)27-15-23(16-33)18-38-30(27)37-17-22-5-7-25(8-6-22)28-19-36-29(20-35-28)34-13-4-14-40(2)3;1-14(2)5-3-4-11-9-7-12-8(10)6-13-9;1-7(2)5-3-4-6;5-3-1-7-4(6)2-8-3/h5-12,15,18-21H,4,13-14,17H2,1-3H3,(H,34,36)(H,37,38)(H,39,41);6-7H,3-5H2,1-2H3,(H,11,13);3-6H2,1-2H3;1-2H/t21-;;;/m0.../s1. The molecule has 0 aliphatic rings. The van der Waals surface area contributed by atoms with Crippen molar-refractivity contribution in [3.8, 4) is 17.3 Å². The minimum atomic E-state index is -0.390. The monoisotopic (exact) mass is 1150 g/mol. The van der Waals surface area contributed by atoms with Crippen LogP contribution in [0.15, 0.2) is 112 Å². The second kappa shape index (κ2) is 33.1. The molecule has 2 aromatic carbocycles. The van der Waals surface area contributed by atoms with Gasteiger partial charge in [0.2, 0.25) is 0 Å². The lowest BCUT2D eigenvalue weighted by Gasteiger charge is -2.16. The van der Waals surface area contributed by atoms with E-state index in [0.29, 0.717) is 12.4 Å². The summed E-state index contributed by atoms with van der Waals surface area (Å²) in [6.07, 6.45) is 14.8. The van der Waals surface area contributed by atoms with Crippen molar-refractivity contribution in [1.82, 2.24) is 54.9 Å². The van der Waals surface area contributed by atoms with Crippen molar-refractivity contribution in [1.29, 1.82) is 5.26 Å². The van der Waals surface area contributed by atoms with E-state index in [4.69, 9.17) is 5.73 Å². The van der Waals surface area contributed by atoms with Gasteiger partial charge in [0.05, 0.1) is 60.0 Å². The molecule has 0 saturated carbocycles. The lowest BCUT2D eigenvalue weighted by atomic mass is 10.1. The molecular weight excluding hydrogens is 1090 g/mol. The van der Waals surface area contributed by atoms with E-state index in [1.165, 1.54) is 24.4 Å². The third-order valence-electron chi connectivity index (χ3n) is 9.54. The molecule has 17 nitrogen and oxygen atoms in total. The second-order valence-corrected chi connectivity index (χ2v) is 18.8. The molecule has 0 fully saturated rings. The van der Waals surface area contributed by atoms with Gasteiger partial charge in [-0.15, -0.1) is 0 Å². The summed E-state index contributed by atoms with van der Waals surface area (Å²) in [7, 11) is 12.3. The number of aromatic nitrogens is 7. The third-order valence-corrected chi connectivity index (χ3v) is 10.8. The van der Waals surface area contributed by atoms with Crippen LogP contribution in [0.4, 0.5) is 21.8 Å². The number of hydrogen-bond acceptors (Lipinski definition) is 16. The van der Waals surface area contributed by atoms with Gasteiger partial charge in [0.1, 0.15) is 43.1 Å². The Hall–Kier alpha value is -5.60. The number of nitrogens with one attached hydrogen (secondary N) is 4. The largest absolute Gasteiger partial charge is 0.369 e. The Kier molecular flexibility index (Phi) is 27.7. The van der Waals surface area contributed by atoms with Crippen molar-refractivity contribution in [2.45, 2.75) is 38.8 Å². The van der Waals surface area contributed by atoms with Gasteiger partial charge < -0.3 is 41.7 Å². The molecule has 0 radical (unpaired) electrons. The lowest BCUT2D eigenvalue weighted by Crippen LogP contribution is -2.28. The summed E-state index contributed by atoms with van der Waals surface area (Å²) >= 11 is 9.54. The fourth-order valence-corrected chi connectivity index (χ4v) is 6.44. The van der Waals surface area contributed by atoms with Crippen LogP contribution < -0.4 is 27.0 Å². The van der Waals surface area contributed by atoms with Gasteiger partial charge in [-0.25, -0.2) is 34.3 Å². The molecule has 4 heterocycles. The number of nitriles is 1. The van der Waals surface area contributed by atoms with Gasteiger partial charge >= 0.3 is 0 Å². The molecule has 0 bridgehead atoms. The molecule has 0 aliphatic carbocycles. The van der Waals surface area contributed by atoms with Crippen LogP contribution in [0.5, 0.6) is 0 Å². The normalized spacial score (nSPS) is 10.9. The Morgan fingerprint density at radius 1 is 0.671 bits per heavy atom. The Bertz CT molecular complexity index is 2410. The first-order valence-electron chi connectivity index (χ1n) is 22.4. The second-order valence-electron chi connectivity index (χ2n) is 16.3. The molecule has 6 aromatic rings. The molecule has 6 rings (SSSR count). The highest BCUT2D eigenvalue weighted by Crippen LogP contribution is 2.21. The number of nitrogens with two attached hydrogens (primary N) is 1. The molecule has 6 N–H and O–H groups in total. The summed E-state index contributed by atoms with van der Waals surface area (Å²) in [5.74, 6) is 1.19. The van der Waals surface area contributed by atoms with Crippen molar-refractivity contribution in [3.63, 3.8) is 0 Å². The predicted molar refractivity (Wildman–Crippen MR) is 289 cm³/mol. The van der Waals surface area contributed by atoms with Gasteiger partial charge in [-0.3, -0.25) is 9.78 Å². The van der Waals surface area contributed by atoms with Crippen LogP contribution in [-0.2, 0) is 6.54 Å². The van der Waals surface area contributed by atoms with Crippen molar-refractivity contribution in [3.05, 3.63) is 140 Å². The topological polar surface area (TPSA) is 215 Å². The first-order chi connectivity index (χ1) is 33.6. The summed E-state index contributed by atoms with van der Waals surface area (Å²) in [5.41, 5.74) is 9.21. The lowest BCUT2D eigenvalue weighted by molar-refractivity contribution is 0.0940. The Balaban J connectivity index is 0.000000358. The van der Waals surface area contributed by atoms with E-state index >= 15 is 0 Å². The molecule has 4 aromatic heterocycles. The average molecular weight is 1150 g/mol. The zero-order chi connectivity index (χ0) is 51.3. The number of anilines is 3. The zero-order valence-corrected chi connectivity index (χ0v) is 45.6. The average Bonchev–Trinajstić information content (AvgIpc) is 3.35. The minimum Gasteiger partial charge on any atom is -0.369 e. The van der Waals surface area contributed by atoms with Gasteiger partial charge in [-0.2, -0.15) is 5.26 Å². The highest BCUT2D eigenvalue weighted by molar-refractivity contribution is 9.11. The number of pyridine rings is 1. The van der Waals surface area contributed by atoms with Gasteiger partial charge in [0.15, 0.2) is 0 Å². The summed E-state index contributed by atoms with van der Waals surface area (Å²) in [6, 6.07) is 17.0. The molecule has 0 unspecified atom stereocenters. The molecule has 70 heavy (non-hydrogen) atoms. The summed E-state index contributed by atoms with van der Waals surface area (Å²) in [6.45, 7) is 7.97. The Labute approximate surface area is 437 Å². The highest BCUT2D eigenvalue weighted by atomic mass is 79.9. The van der Waals surface area contributed by atoms with Gasteiger partial charge in [-0.05, 0) is 172 Å². The molecule has 1 atom stereocenters. The van der Waals surface area contributed by atoms with Crippen molar-refractivity contribution in [2.75, 3.05) is 97.5 Å². The van der Waals surface area contributed by atoms with E-state index in [2.05, 4.69) is 161 Å². The van der Waals surface area contributed by atoms with Crippen LogP contribution in [0, 0.1) is 17.1 Å². The highest BCUT2D eigenvalue weighted by Gasteiger charge is 2.17. The van der Waals surface area contributed by atoms with E-state index in [0.717, 1.165) is 106 Å². The SMILES string of the molecule is Brc1cnc(Br)cn1.CN(C)CCCN.CN(C)CCCNc1cnc(Br)cn1.C[C@H](NC(=O)c1cc(C#N)cnc1NCc1ccc(-c2cnc(NCCCN(C)C)cn2)cc1)c1ccc(F)cc1. The van der Waals surface area contributed by atoms with E-state index in [-0.39, 0.29) is 23.0 Å². The number of hydrogen-bond donors (Lipinski definition) is 5. The maximum absolute atomic E-state index is 13.3. The summed E-state index contributed by atoms with van der Waals surface area (Å²) in [4.78, 5) is 48.9. The number of rotatable bonds is 20. The number of amides is 1. The molecule has 0 saturated heterocycles. The van der Waals surface area contributed by atoms with E-state index in [9.17, 15) is 14.4 Å². The molecule has 374 valence electrons. The summed E-state index contributed by atoms with van der Waals surface area (Å²) in [5, 5.41) is 21.9. The first-order valence-corrected chi connectivity index (χ1v) is 24.8. The van der Waals surface area contributed by atoms with E-state index in [1.54, 1.807) is 49.3 Å². The van der Waals surface area contributed by atoms with Crippen LogP contribution in [-0.4, -0.2) is 137 Å². The Morgan fingerprint density at radius 3 is 1.64 bits per heavy atom. The number of halogens is 4. The smallest absolute Gasteiger partial charge is 0.255 e. The fraction of sp³-hybridized carbons (Fsp3) is 0.367. The van der Waals surface area contributed by atoms with Crippen LogP contribution >= 0.6 is 47.8 Å². The van der Waals surface area contributed by atoms with Crippen LogP contribution in [0.25, 0.3) is 11.3 Å². The van der Waals surface area contributed by atoms with Gasteiger partial charge in [0, 0.05) is 31.4 Å². The van der Waals surface area contributed by atoms with Crippen molar-refractivity contribution < 1.29 is 9.18 Å². The molecule has 0 aliphatic heterocycles. The number of carbonyl (C=O) groups is 1. The zero-order valence-electron chi connectivity index (χ0n) is 40.8. The van der Waals surface area contributed by atoms with Crippen molar-refractivity contribution >= 4 is 71.2 Å². The predicted octanol–water partition coefficient (Wildman–Crippen LogP) is 8.52. The Morgan fingerprint density at radius 2 is 1.19 bits per heavy atom. The van der Waals surface area contributed by atoms with Crippen LogP contribution in [0.3, 0.4) is 0 Å². The number of benzene rings is 2. The third kappa shape index (κ3) is 24.3. The molecule has 21 heteroatoms. The van der Waals surface area contributed by atoms with Gasteiger partial charge in [0.25, 0.3) is 5.91 Å². The molecule has 0 spiro atoms. The maximum atomic E-state index is 13.3. The number of nitrogens with zero attached hydrogens (tertiary/aromatic N) is 11. The van der Waals surface area contributed by atoms with E-state index < -0.39 is 5.91 Å². The molecule has 1 amide bonds. The van der Waals surface area contributed by atoms with Crippen molar-refractivity contribution in [2.24, 2.45) is 5.73 Å². The number of carbonyl (C=O) groups excluding carboxylic acids is 1. The van der Waals surface area contributed by atoms with E-state index in [1.807, 2.05) is 37.3 Å². The fourth-order valence-electron chi connectivity index (χ4n) is 5.83. The molecular formula is C49H64Br3FN16O. The quantitative estimate of drug-likeness (QED) is 0.0453. The summed E-state index contributed by atoms with van der Waals surface area (Å²) < 4.78 is 15.5. The maximum Gasteiger partial charge on any atom is 0.255 e. The minimum absolute atomic E-state index is 0.250. The first kappa shape index (κ1) is 58.7.